The van der Waals surface area contributed by atoms with Crippen molar-refractivity contribution in [3.8, 4) is 0 Å². The summed E-state index contributed by atoms with van der Waals surface area (Å²) in [5.74, 6) is 0.386. The third-order valence-electron chi connectivity index (χ3n) is 2.86. The number of carbonyl (C=O) groups excluding carboxylic acids is 1. The lowest BCUT2D eigenvalue weighted by Crippen LogP contribution is -2.41. The predicted octanol–water partition coefficient (Wildman–Crippen LogP) is 1.45. The van der Waals surface area contributed by atoms with Crippen molar-refractivity contribution in [1.29, 1.82) is 0 Å². The first-order valence-electron chi connectivity index (χ1n) is 7.69. The molecule has 0 unspecified atom stereocenters. The van der Waals surface area contributed by atoms with E-state index in [0.717, 1.165) is 31.0 Å². The first-order valence-corrected chi connectivity index (χ1v) is 7.69. The average Bonchev–Trinajstić information content (AvgIpc) is 2.51. The van der Waals surface area contributed by atoms with Gasteiger partial charge >= 0.3 is 0 Å². The van der Waals surface area contributed by atoms with Crippen LogP contribution >= 0.6 is 0 Å². The van der Waals surface area contributed by atoms with Gasteiger partial charge in [-0.25, -0.2) is 4.39 Å². The summed E-state index contributed by atoms with van der Waals surface area (Å²) in [4.78, 5) is 16.1. The summed E-state index contributed by atoms with van der Waals surface area (Å²) >= 11 is 0. The van der Waals surface area contributed by atoms with Crippen molar-refractivity contribution in [1.82, 2.24) is 16.0 Å². The number of benzene rings is 1. The molecular formula is C16H25FN4O. The molecule has 122 valence electrons. The predicted molar refractivity (Wildman–Crippen MR) is 87.4 cm³/mol. The molecule has 0 spiro atoms. The summed E-state index contributed by atoms with van der Waals surface area (Å²) < 4.78 is 12.8. The standard InChI is InChI=1S/C16H25FN4O/c1-3-9-20-16(18-4-2)21-11-10-19-15(22)12-13-5-7-14(17)8-6-13/h5-8H,3-4,9-12H2,1-2H3,(H,19,22)(H2,18,20,21). The molecule has 3 N–H and O–H groups in total. The Kier molecular flexibility index (Phi) is 8.64. The normalized spacial score (nSPS) is 11.1. The molecule has 0 aromatic heterocycles. The molecule has 0 bridgehead atoms. The molecule has 22 heavy (non-hydrogen) atoms. The Morgan fingerprint density at radius 3 is 2.41 bits per heavy atom. The van der Waals surface area contributed by atoms with E-state index in [-0.39, 0.29) is 18.1 Å². The SMILES string of the molecule is CCCN=C(NCC)NCCNC(=O)Cc1ccc(F)cc1. The molecule has 0 aliphatic rings. The van der Waals surface area contributed by atoms with Crippen LogP contribution in [0, 0.1) is 5.82 Å². The van der Waals surface area contributed by atoms with Gasteiger partial charge in [0.05, 0.1) is 6.42 Å². The van der Waals surface area contributed by atoms with Crippen LogP contribution in [0.3, 0.4) is 0 Å². The fraction of sp³-hybridized carbons (Fsp3) is 0.500. The molecule has 5 nitrogen and oxygen atoms in total. The quantitative estimate of drug-likeness (QED) is 0.387. The summed E-state index contributed by atoms with van der Waals surface area (Å²) in [7, 11) is 0. The Morgan fingerprint density at radius 1 is 1.09 bits per heavy atom. The second-order valence-electron chi connectivity index (χ2n) is 4.84. The van der Waals surface area contributed by atoms with Crippen LogP contribution < -0.4 is 16.0 Å². The lowest BCUT2D eigenvalue weighted by molar-refractivity contribution is -0.120. The Bertz CT molecular complexity index is 474. The molecule has 0 saturated heterocycles. The molecule has 0 radical (unpaired) electrons. The second kappa shape index (κ2) is 10.6. The lowest BCUT2D eigenvalue weighted by atomic mass is 10.1. The molecule has 0 saturated carbocycles. The molecule has 0 aliphatic carbocycles. The Balaban J connectivity index is 2.25. The van der Waals surface area contributed by atoms with Crippen LogP contribution in [0.1, 0.15) is 25.8 Å². The molecule has 1 amide bonds. The van der Waals surface area contributed by atoms with Crippen LogP contribution in [0.4, 0.5) is 4.39 Å². The van der Waals surface area contributed by atoms with Crippen LogP contribution in [0.25, 0.3) is 0 Å². The van der Waals surface area contributed by atoms with Crippen LogP contribution in [0.5, 0.6) is 0 Å². The molecule has 1 rings (SSSR count). The van der Waals surface area contributed by atoms with Crippen molar-refractivity contribution in [2.24, 2.45) is 4.99 Å². The van der Waals surface area contributed by atoms with E-state index in [1.54, 1.807) is 12.1 Å². The largest absolute Gasteiger partial charge is 0.357 e. The number of guanidine groups is 1. The van der Waals surface area contributed by atoms with Gasteiger partial charge in [0.15, 0.2) is 5.96 Å². The Morgan fingerprint density at radius 2 is 1.77 bits per heavy atom. The third kappa shape index (κ3) is 7.61. The van der Waals surface area contributed by atoms with Crippen molar-refractivity contribution in [3.63, 3.8) is 0 Å². The van der Waals surface area contributed by atoms with Gasteiger partial charge in [0.1, 0.15) is 5.82 Å². The number of halogens is 1. The summed E-state index contributed by atoms with van der Waals surface area (Å²) in [6.07, 6.45) is 1.25. The molecular weight excluding hydrogens is 283 g/mol. The van der Waals surface area contributed by atoms with Gasteiger partial charge in [0.25, 0.3) is 0 Å². The van der Waals surface area contributed by atoms with Gasteiger partial charge < -0.3 is 16.0 Å². The summed E-state index contributed by atoms with van der Waals surface area (Å²) in [5, 5.41) is 9.12. The number of hydrogen-bond acceptors (Lipinski definition) is 2. The van der Waals surface area contributed by atoms with Crippen molar-refractivity contribution < 1.29 is 9.18 Å². The van der Waals surface area contributed by atoms with Gasteiger partial charge in [0, 0.05) is 26.2 Å². The zero-order valence-corrected chi connectivity index (χ0v) is 13.3. The molecule has 1 aromatic rings. The highest BCUT2D eigenvalue weighted by Crippen LogP contribution is 2.03. The Labute approximate surface area is 131 Å². The first-order chi connectivity index (χ1) is 10.7. The van der Waals surface area contributed by atoms with E-state index in [9.17, 15) is 9.18 Å². The number of nitrogens with one attached hydrogen (secondary N) is 3. The summed E-state index contributed by atoms with van der Waals surface area (Å²) in [6, 6.07) is 5.95. The number of rotatable bonds is 8. The van der Waals surface area contributed by atoms with E-state index < -0.39 is 0 Å². The second-order valence-corrected chi connectivity index (χ2v) is 4.84. The van der Waals surface area contributed by atoms with Crippen molar-refractivity contribution in [2.75, 3.05) is 26.2 Å². The van der Waals surface area contributed by atoms with E-state index in [1.807, 2.05) is 6.92 Å². The molecule has 6 heteroatoms. The number of nitrogens with zero attached hydrogens (tertiary/aromatic N) is 1. The average molecular weight is 308 g/mol. The van der Waals surface area contributed by atoms with Crippen LogP contribution in [0.15, 0.2) is 29.3 Å². The van der Waals surface area contributed by atoms with Crippen molar-refractivity contribution in [2.45, 2.75) is 26.7 Å². The van der Waals surface area contributed by atoms with Crippen LogP contribution in [-0.4, -0.2) is 38.0 Å². The van der Waals surface area contributed by atoms with Gasteiger partial charge in [0.2, 0.25) is 5.91 Å². The fourth-order valence-corrected chi connectivity index (χ4v) is 1.80. The van der Waals surface area contributed by atoms with Gasteiger partial charge in [-0.05, 0) is 31.0 Å². The Hall–Kier alpha value is -2.11. The molecule has 0 fully saturated rings. The molecule has 1 aromatic carbocycles. The minimum absolute atomic E-state index is 0.0797. The minimum atomic E-state index is -0.296. The van der Waals surface area contributed by atoms with E-state index in [2.05, 4.69) is 27.9 Å². The van der Waals surface area contributed by atoms with E-state index in [0.29, 0.717) is 13.1 Å². The number of hydrogen-bond donors (Lipinski definition) is 3. The fourth-order valence-electron chi connectivity index (χ4n) is 1.80. The highest BCUT2D eigenvalue weighted by atomic mass is 19.1. The van der Waals surface area contributed by atoms with E-state index >= 15 is 0 Å². The molecule has 0 aliphatic heterocycles. The number of aliphatic imine (C=N–C) groups is 1. The maximum Gasteiger partial charge on any atom is 0.224 e. The van der Waals surface area contributed by atoms with E-state index in [1.165, 1.54) is 12.1 Å². The smallest absolute Gasteiger partial charge is 0.224 e. The summed E-state index contributed by atoms with van der Waals surface area (Å²) in [6.45, 7) is 6.76. The van der Waals surface area contributed by atoms with Crippen molar-refractivity contribution in [3.05, 3.63) is 35.6 Å². The lowest BCUT2D eigenvalue weighted by Gasteiger charge is -2.11. The molecule has 0 atom stereocenters. The van der Waals surface area contributed by atoms with E-state index in [4.69, 9.17) is 0 Å². The van der Waals surface area contributed by atoms with Gasteiger partial charge in [-0.3, -0.25) is 9.79 Å². The third-order valence-corrected chi connectivity index (χ3v) is 2.86. The maximum absolute atomic E-state index is 12.8. The van der Waals surface area contributed by atoms with Gasteiger partial charge in [-0.2, -0.15) is 0 Å². The zero-order chi connectivity index (χ0) is 16.2. The first kappa shape index (κ1) is 17.9. The van der Waals surface area contributed by atoms with Gasteiger partial charge in [-0.15, -0.1) is 0 Å². The van der Waals surface area contributed by atoms with Gasteiger partial charge in [-0.1, -0.05) is 19.1 Å². The summed E-state index contributed by atoms with van der Waals surface area (Å²) in [5.41, 5.74) is 0.796. The number of amides is 1. The minimum Gasteiger partial charge on any atom is -0.357 e. The molecule has 0 heterocycles. The highest BCUT2D eigenvalue weighted by molar-refractivity contribution is 5.80. The maximum atomic E-state index is 12.8. The number of carbonyl (C=O) groups is 1. The van der Waals surface area contributed by atoms with Crippen LogP contribution in [0.2, 0.25) is 0 Å². The zero-order valence-electron chi connectivity index (χ0n) is 13.3. The van der Waals surface area contributed by atoms with Crippen molar-refractivity contribution >= 4 is 11.9 Å². The monoisotopic (exact) mass is 308 g/mol. The van der Waals surface area contributed by atoms with Crippen LogP contribution in [-0.2, 0) is 11.2 Å². The highest BCUT2D eigenvalue weighted by Gasteiger charge is 2.03. The topological polar surface area (TPSA) is 65.5 Å².